The maximum Gasteiger partial charge on any atom is 0.341 e. The Labute approximate surface area is 113 Å². The first-order valence-corrected chi connectivity index (χ1v) is 5.75. The van der Waals surface area contributed by atoms with Crippen molar-refractivity contribution in [2.24, 2.45) is 0 Å². The molecule has 0 bridgehead atoms. The minimum atomic E-state index is -0.692. The summed E-state index contributed by atoms with van der Waals surface area (Å²) in [5.74, 6) is -1.14. The fraction of sp³-hybridized carbons (Fsp3) is 0.333. The molecule has 2 aliphatic rings. The lowest BCUT2D eigenvalue weighted by atomic mass is 10.1. The Bertz CT molecular complexity index is 687. The number of carbonyl (C=O) groups excluding carboxylic acids is 2. The summed E-state index contributed by atoms with van der Waals surface area (Å²) >= 11 is 0. The lowest BCUT2D eigenvalue weighted by molar-refractivity contribution is -0.144. The summed E-state index contributed by atoms with van der Waals surface area (Å²) in [6.45, 7) is 1.59. The highest BCUT2D eigenvalue weighted by molar-refractivity contribution is 5.96. The van der Waals surface area contributed by atoms with Crippen LogP contribution in [0.2, 0.25) is 0 Å². The molecule has 0 saturated carbocycles. The van der Waals surface area contributed by atoms with Gasteiger partial charge in [-0.1, -0.05) is 0 Å². The number of pyridine rings is 1. The molecule has 20 heavy (non-hydrogen) atoms. The van der Waals surface area contributed by atoms with Gasteiger partial charge in [-0.2, -0.15) is 5.10 Å². The average molecular weight is 279 g/mol. The van der Waals surface area contributed by atoms with Crippen LogP contribution in [0.5, 0.6) is 0 Å². The molecule has 0 aromatic rings. The van der Waals surface area contributed by atoms with Gasteiger partial charge in [-0.15, -0.1) is 0 Å². The molecule has 0 aromatic heterocycles. The van der Waals surface area contributed by atoms with Crippen molar-refractivity contribution < 1.29 is 19.1 Å². The molecule has 0 aromatic carbocycles. The van der Waals surface area contributed by atoms with Gasteiger partial charge >= 0.3 is 11.9 Å². The number of ether oxygens (including phenoxy) is 2. The summed E-state index contributed by atoms with van der Waals surface area (Å²) in [5, 5.41) is 6.05. The zero-order valence-corrected chi connectivity index (χ0v) is 11.2. The minimum Gasteiger partial charge on any atom is -0.467 e. The summed E-state index contributed by atoms with van der Waals surface area (Å²) < 4.78 is 10.7. The van der Waals surface area contributed by atoms with E-state index in [1.54, 1.807) is 6.92 Å². The number of methoxy groups -OCH3 is 2. The number of hydrogen-bond donors (Lipinski definition) is 1. The highest BCUT2D eigenvalue weighted by Crippen LogP contribution is 2.23. The number of H-pyrrole nitrogens is 1. The molecule has 0 amide bonds. The molecule has 0 saturated heterocycles. The first-order valence-electron chi connectivity index (χ1n) is 5.75. The van der Waals surface area contributed by atoms with Crippen molar-refractivity contribution in [1.29, 1.82) is 0 Å². The Morgan fingerprint density at radius 1 is 1.30 bits per heavy atom. The standard InChI is InChI=1S/C12H13N3O5/c1-6(11(17)19-2)15-4-7-9(13-14-10(7)16)8(5-15)12(18)20-3/h4-6H,1-3H3,(H,14,16)/t6-/m1/s1. The van der Waals surface area contributed by atoms with Gasteiger partial charge in [-0.3, -0.25) is 4.79 Å². The van der Waals surface area contributed by atoms with Gasteiger partial charge in [-0.05, 0) is 6.92 Å². The number of esters is 2. The van der Waals surface area contributed by atoms with Crippen LogP contribution in [0.1, 0.15) is 23.3 Å². The lowest BCUT2D eigenvalue weighted by Gasteiger charge is -2.16. The minimum absolute atomic E-state index is 0.0964. The van der Waals surface area contributed by atoms with Crippen LogP contribution >= 0.6 is 0 Å². The van der Waals surface area contributed by atoms with Gasteiger partial charge in [0, 0.05) is 12.4 Å². The van der Waals surface area contributed by atoms with Gasteiger partial charge in [-0.25, -0.2) is 14.7 Å². The SMILES string of the molecule is COC(=O)c1cn([C@H](C)C(=O)OC)cc2c(=O)[nH]nc1-2. The van der Waals surface area contributed by atoms with E-state index in [1.807, 2.05) is 0 Å². The van der Waals surface area contributed by atoms with Gasteiger partial charge < -0.3 is 14.0 Å². The van der Waals surface area contributed by atoms with Crippen molar-refractivity contribution >= 4 is 11.9 Å². The topological polar surface area (TPSA) is 103 Å². The summed E-state index contributed by atoms with van der Waals surface area (Å²) in [5.41, 5.74) is 0.0505. The number of aromatic amines is 1. The Kier molecular flexibility index (Phi) is 3.55. The zero-order chi connectivity index (χ0) is 14.9. The van der Waals surface area contributed by atoms with E-state index in [9.17, 15) is 14.4 Å². The monoisotopic (exact) mass is 279 g/mol. The Hall–Kier alpha value is -2.64. The number of nitrogens with one attached hydrogen (secondary N) is 1. The lowest BCUT2D eigenvalue weighted by Crippen LogP contribution is -2.20. The highest BCUT2D eigenvalue weighted by Gasteiger charge is 2.24. The second-order valence-corrected chi connectivity index (χ2v) is 4.12. The highest BCUT2D eigenvalue weighted by atomic mass is 16.5. The molecular weight excluding hydrogens is 266 g/mol. The first-order chi connectivity index (χ1) is 9.49. The van der Waals surface area contributed by atoms with E-state index >= 15 is 0 Å². The van der Waals surface area contributed by atoms with Gasteiger partial charge in [0.15, 0.2) is 0 Å². The fourth-order valence-corrected chi connectivity index (χ4v) is 1.83. The Balaban J connectivity index is 2.65. The van der Waals surface area contributed by atoms with Crippen LogP contribution in [-0.2, 0) is 14.3 Å². The van der Waals surface area contributed by atoms with Gasteiger partial charge in [0.1, 0.15) is 17.3 Å². The van der Waals surface area contributed by atoms with E-state index in [0.29, 0.717) is 0 Å². The first kappa shape index (κ1) is 13.8. The number of carbonyl (C=O) groups is 2. The number of aromatic nitrogens is 3. The molecule has 2 heterocycles. The second kappa shape index (κ2) is 5.16. The third kappa shape index (κ3) is 2.15. The largest absolute Gasteiger partial charge is 0.467 e. The van der Waals surface area contributed by atoms with Crippen molar-refractivity contribution in [3.05, 3.63) is 28.3 Å². The third-order valence-corrected chi connectivity index (χ3v) is 2.98. The normalized spacial score (nSPS) is 12.2. The van der Waals surface area contributed by atoms with Gasteiger partial charge in [0.2, 0.25) is 0 Å². The smallest absolute Gasteiger partial charge is 0.341 e. The summed E-state index contributed by atoms with van der Waals surface area (Å²) in [6, 6.07) is -0.692. The predicted molar refractivity (Wildman–Crippen MR) is 67.5 cm³/mol. The van der Waals surface area contributed by atoms with E-state index in [2.05, 4.69) is 19.7 Å². The molecule has 106 valence electrons. The van der Waals surface area contributed by atoms with Crippen LogP contribution in [0.15, 0.2) is 17.2 Å². The van der Waals surface area contributed by atoms with Crippen molar-refractivity contribution in [1.82, 2.24) is 14.8 Å². The number of nitrogens with zero attached hydrogens (tertiary/aromatic N) is 2. The van der Waals surface area contributed by atoms with E-state index in [4.69, 9.17) is 0 Å². The predicted octanol–water partition coefficient (Wildman–Crippen LogP) is 0.197. The molecule has 8 nitrogen and oxygen atoms in total. The van der Waals surface area contributed by atoms with E-state index in [-0.39, 0.29) is 16.8 Å². The molecule has 2 rings (SSSR count). The molecule has 0 unspecified atom stereocenters. The number of fused-ring (bicyclic) bond motifs is 1. The van der Waals surface area contributed by atoms with E-state index in [1.165, 1.54) is 31.2 Å². The number of rotatable bonds is 3. The van der Waals surface area contributed by atoms with Crippen LogP contribution in [0.25, 0.3) is 11.3 Å². The molecular formula is C12H13N3O5. The maximum absolute atomic E-state index is 11.7. The third-order valence-electron chi connectivity index (χ3n) is 2.98. The number of hydrogen-bond acceptors (Lipinski definition) is 6. The molecule has 8 heteroatoms. The molecule has 0 fully saturated rings. The van der Waals surface area contributed by atoms with Crippen LogP contribution < -0.4 is 5.56 Å². The van der Waals surface area contributed by atoms with Crippen molar-refractivity contribution in [3.63, 3.8) is 0 Å². The van der Waals surface area contributed by atoms with Gasteiger partial charge in [0.05, 0.1) is 19.8 Å². The molecule has 1 N–H and O–H groups in total. The molecule has 0 spiro atoms. The van der Waals surface area contributed by atoms with Crippen LogP contribution in [0, 0.1) is 0 Å². The van der Waals surface area contributed by atoms with E-state index < -0.39 is 23.5 Å². The Morgan fingerprint density at radius 3 is 2.60 bits per heavy atom. The molecule has 0 radical (unpaired) electrons. The molecule has 1 atom stereocenters. The van der Waals surface area contributed by atoms with Crippen LogP contribution in [-0.4, -0.2) is 40.9 Å². The van der Waals surface area contributed by atoms with Crippen molar-refractivity contribution in [3.8, 4) is 11.3 Å². The molecule has 0 aliphatic carbocycles. The summed E-state index contributed by atoms with van der Waals surface area (Å²) in [4.78, 5) is 35.0. The van der Waals surface area contributed by atoms with Gasteiger partial charge in [0.25, 0.3) is 5.56 Å². The Morgan fingerprint density at radius 2 is 2.00 bits per heavy atom. The second-order valence-electron chi connectivity index (χ2n) is 4.12. The maximum atomic E-state index is 11.7. The average Bonchev–Trinajstić information content (AvgIpc) is 2.85. The summed E-state index contributed by atoms with van der Waals surface area (Å²) in [7, 11) is 2.48. The zero-order valence-electron chi connectivity index (χ0n) is 11.2. The van der Waals surface area contributed by atoms with Crippen molar-refractivity contribution in [2.75, 3.05) is 14.2 Å². The quantitative estimate of drug-likeness (QED) is 0.805. The summed E-state index contributed by atoms with van der Waals surface area (Å²) in [6.07, 6.45) is 2.84. The van der Waals surface area contributed by atoms with Crippen LogP contribution in [0.4, 0.5) is 0 Å². The molecule has 2 aliphatic heterocycles. The van der Waals surface area contributed by atoms with E-state index in [0.717, 1.165) is 0 Å². The van der Waals surface area contributed by atoms with Crippen molar-refractivity contribution in [2.45, 2.75) is 13.0 Å². The fourth-order valence-electron chi connectivity index (χ4n) is 1.83. The van der Waals surface area contributed by atoms with Crippen LogP contribution in [0.3, 0.4) is 0 Å².